The number of amides is 1. The first-order chi connectivity index (χ1) is 8.91. The highest BCUT2D eigenvalue weighted by Gasteiger charge is 2.16. The fourth-order valence-electron chi connectivity index (χ4n) is 1.68. The van der Waals surface area contributed by atoms with Crippen LogP contribution >= 0.6 is 46.4 Å². The second-order valence-corrected chi connectivity index (χ2v) is 5.62. The van der Waals surface area contributed by atoms with E-state index in [9.17, 15) is 9.90 Å². The van der Waals surface area contributed by atoms with Crippen molar-refractivity contribution >= 4 is 68.8 Å². The van der Waals surface area contributed by atoms with Crippen LogP contribution in [0, 0.1) is 0 Å². The van der Waals surface area contributed by atoms with Crippen LogP contribution in [0.25, 0.3) is 10.8 Å². The Labute approximate surface area is 129 Å². The molecule has 0 aliphatic carbocycles. The van der Waals surface area contributed by atoms with Crippen LogP contribution in [0.3, 0.4) is 0 Å². The van der Waals surface area contributed by atoms with Crippen LogP contribution in [0.4, 0.5) is 5.69 Å². The number of carbonyl (C=O) groups is 1. The van der Waals surface area contributed by atoms with E-state index in [1.165, 1.54) is 6.07 Å². The summed E-state index contributed by atoms with van der Waals surface area (Å²) in [5, 5.41) is 13.8. The molecule has 19 heavy (non-hydrogen) atoms. The van der Waals surface area contributed by atoms with Crippen LogP contribution in [0.1, 0.15) is 0 Å². The highest BCUT2D eigenvalue weighted by molar-refractivity contribution is 6.54. The lowest BCUT2D eigenvalue weighted by Gasteiger charge is -2.12. The molecule has 0 saturated carbocycles. The van der Waals surface area contributed by atoms with E-state index in [4.69, 9.17) is 46.4 Å². The second kappa shape index (κ2) is 5.63. The first-order valence-electron chi connectivity index (χ1n) is 5.10. The Morgan fingerprint density at radius 2 is 1.89 bits per heavy atom. The molecule has 0 saturated heterocycles. The molecule has 0 radical (unpaired) electrons. The number of phenols is 1. The number of anilines is 1. The van der Waals surface area contributed by atoms with Crippen molar-refractivity contribution in [3.63, 3.8) is 0 Å². The van der Waals surface area contributed by atoms with Crippen LogP contribution in [-0.2, 0) is 4.79 Å². The van der Waals surface area contributed by atoms with Crippen molar-refractivity contribution in [2.45, 2.75) is 4.84 Å². The minimum absolute atomic E-state index is 0.106. The minimum atomic E-state index is -1.20. The summed E-state index contributed by atoms with van der Waals surface area (Å²) in [7, 11) is 0. The van der Waals surface area contributed by atoms with Gasteiger partial charge in [-0.25, -0.2) is 0 Å². The monoisotopic (exact) mass is 337 g/mol. The van der Waals surface area contributed by atoms with E-state index in [2.05, 4.69) is 5.32 Å². The lowest BCUT2D eigenvalue weighted by atomic mass is 10.1. The fourth-order valence-corrected chi connectivity index (χ4v) is 2.37. The molecule has 7 heteroatoms. The number of aromatic hydroxyl groups is 1. The Bertz CT molecular complexity index is 658. The maximum atomic E-state index is 11.5. The van der Waals surface area contributed by atoms with Crippen LogP contribution in [0.15, 0.2) is 24.3 Å². The van der Waals surface area contributed by atoms with Gasteiger partial charge in [0.15, 0.2) is 4.84 Å². The Kier molecular flexibility index (Phi) is 4.31. The lowest BCUT2D eigenvalue weighted by molar-refractivity contribution is -0.114. The van der Waals surface area contributed by atoms with Gasteiger partial charge in [0.1, 0.15) is 5.75 Å². The van der Waals surface area contributed by atoms with Crippen LogP contribution in [0.5, 0.6) is 5.75 Å². The van der Waals surface area contributed by atoms with Gasteiger partial charge in [-0.2, -0.15) is 0 Å². The van der Waals surface area contributed by atoms with Gasteiger partial charge in [0.2, 0.25) is 0 Å². The van der Waals surface area contributed by atoms with Gasteiger partial charge in [-0.05, 0) is 12.1 Å². The van der Waals surface area contributed by atoms with Crippen molar-refractivity contribution in [1.82, 2.24) is 0 Å². The summed E-state index contributed by atoms with van der Waals surface area (Å²) in [6.07, 6.45) is 0. The fraction of sp³-hybridized carbons (Fsp3) is 0.0833. The van der Waals surface area contributed by atoms with Crippen molar-refractivity contribution in [2.75, 3.05) is 5.32 Å². The van der Waals surface area contributed by atoms with Crippen molar-refractivity contribution < 1.29 is 9.90 Å². The van der Waals surface area contributed by atoms with E-state index in [-0.39, 0.29) is 10.8 Å². The van der Waals surface area contributed by atoms with Crippen LogP contribution < -0.4 is 5.32 Å². The first-order valence-corrected chi connectivity index (χ1v) is 6.73. The number of rotatable bonds is 2. The number of hydrogen-bond acceptors (Lipinski definition) is 2. The highest BCUT2D eigenvalue weighted by Crippen LogP contribution is 2.40. The van der Waals surface area contributed by atoms with Crippen LogP contribution in [0.2, 0.25) is 10.0 Å². The summed E-state index contributed by atoms with van der Waals surface area (Å²) in [4.78, 5) is 10.3. The molecule has 100 valence electrons. The largest absolute Gasteiger partial charge is 0.506 e. The molecular weight excluding hydrogens is 332 g/mol. The third-order valence-electron chi connectivity index (χ3n) is 2.49. The second-order valence-electron chi connectivity index (χ2n) is 3.71. The molecule has 0 heterocycles. The normalized spacial score (nSPS) is 11.0. The summed E-state index contributed by atoms with van der Waals surface area (Å²) in [6.45, 7) is 0. The van der Waals surface area contributed by atoms with Gasteiger partial charge in [0, 0.05) is 10.8 Å². The topological polar surface area (TPSA) is 49.3 Å². The van der Waals surface area contributed by atoms with Crippen LogP contribution in [-0.4, -0.2) is 15.8 Å². The highest BCUT2D eigenvalue weighted by atomic mass is 35.5. The quantitative estimate of drug-likeness (QED) is 0.786. The molecule has 2 aromatic rings. The standard InChI is InChI=1S/C12H7Cl4NO2/c13-6-4-7(14)10(18)5-2-1-3-8(9(5)6)17-12(19)11(15)16/h1-4,11,18H,(H,17,19). The Morgan fingerprint density at radius 1 is 1.21 bits per heavy atom. The van der Waals surface area contributed by atoms with Crippen molar-refractivity contribution in [2.24, 2.45) is 0 Å². The third-order valence-corrected chi connectivity index (χ3v) is 3.48. The summed E-state index contributed by atoms with van der Waals surface area (Å²) in [5.74, 6) is -0.688. The van der Waals surface area contributed by atoms with E-state index in [0.29, 0.717) is 21.5 Å². The van der Waals surface area contributed by atoms with Crippen molar-refractivity contribution in [3.05, 3.63) is 34.3 Å². The van der Waals surface area contributed by atoms with Gasteiger partial charge in [-0.1, -0.05) is 58.5 Å². The maximum absolute atomic E-state index is 11.5. The molecule has 2 rings (SSSR count). The molecule has 0 aliphatic heterocycles. The number of phenolic OH excluding ortho intramolecular Hbond substituents is 1. The summed E-state index contributed by atoms with van der Waals surface area (Å²) in [6, 6.07) is 6.30. The molecular formula is C12H7Cl4NO2. The molecule has 0 spiro atoms. The molecule has 0 fully saturated rings. The average molecular weight is 339 g/mol. The summed E-state index contributed by atoms with van der Waals surface area (Å²) < 4.78 is 0. The van der Waals surface area contributed by atoms with Gasteiger partial charge in [0.25, 0.3) is 5.91 Å². The lowest BCUT2D eigenvalue weighted by Crippen LogP contribution is -2.18. The van der Waals surface area contributed by atoms with E-state index < -0.39 is 10.7 Å². The molecule has 3 nitrogen and oxygen atoms in total. The zero-order valence-electron chi connectivity index (χ0n) is 9.25. The Hall–Kier alpha value is -0.870. The number of nitrogens with one attached hydrogen (secondary N) is 1. The zero-order chi connectivity index (χ0) is 14.2. The number of carbonyl (C=O) groups excluding carboxylic acids is 1. The molecule has 2 N–H and O–H groups in total. The SMILES string of the molecule is O=C(Nc1cccc2c(O)c(Cl)cc(Cl)c12)C(Cl)Cl. The van der Waals surface area contributed by atoms with Crippen molar-refractivity contribution in [3.8, 4) is 5.75 Å². The first kappa shape index (κ1) is 14.5. The number of benzene rings is 2. The molecule has 1 amide bonds. The van der Waals surface area contributed by atoms with Gasteiger partial charge < -0.3 is 10.4 Å². The van der Waals surface area contributed by atoms with Gasteiger partial charge in [0.05, 0.1) is 15.7 Å². The number of hydrogen-bond donors (Lipinski definition) is 2. The maximum Gasteiger partial charge on any atom is 0.257 e. The molecule has 0 atom stereocenters. The Morgan fingerprint density at radius 3 is 2.53 bits per heavy atom. The minimum Gasteiger partial charge on any atom is -0.506 e. The van der Waals surface area contributed by atoms with Gasteiger partial charge in [-0.3, -0.25) is 4.79 Å². The molecule has 0 aliphatic rings. The molecule has 0 unspecified atom stereocenters. The zero-order valence-corrected chi connectivity index (χ0v) is 12.3. The molecule has 2 aromatic carbocycles. The van der Waals surface area contributed by atoms with E-state index in [0.717, 1.165) is 0 Å². The summed E-state index contributed by atoms with van der Waals surface area (Å²) >= 11 is 22.9. The Balaban J connectivity index is 2.63. The summed E-state index contributed by atoms with van der Waals surface area (Å²) in [5.41, 5.74) is 0.394. The predicted octanol–water partition coefficient (Wildman–Crippen LogP) is 4.59. The number of halogens is 4. The molecule has 0 bridgehead atoms. The molecule has 0 aromatic heterocycles. The van der Waals surface area contributed by atoms with E-state index in [1.54, 1.807) is 18.2 Å². The van der Waals surface area contributed by atoms with Gasteiger partial charge in [-0.15, -0.1) is 0 Å². The van der Waals surface area contributed by atoms with Gasteiger partial charge >= 0.3 is 0 Å². The van der Waals surface area contributed by atoms with Crippen molar-refractivity contribution in [1.29, 1.82) is 0 Å². The number of fused-ring (bicyclic) bond motifs is 1. The smallest absolute Gasteiger partial charge is 0.257 e. The average Bonchev–Trinajstić information content (AvgIpc) is 2.35. The number of alkyl halides is 2. The van der Waals surface area contributed by atoms with E-state index in [1.807, 2.05) is 0 Å². The van der Waals surface area contributed by atoms with E-state index >= 15 is 0 Å². The third kappa shape index (κ3) is 2.84. The predicted molar refractivity (Wildman–Crippen MR) is 79.8 cm³/mol.